The van der Waals surface area contributed by atoms with Crippen molar-refractivity contribution < 1.29 is 14.6 Å². The lowest BCUT2D eigenvalue weighted by molar-refractivity contribution is -0.137. The number of carboxylic acids is 1. The molecule has 2 N–H and O–H groups in total. The third-order valence-corrected chi connectivity index (χ3v) is 5.18. The second-order valence-corrected chi connectivity index (χ2v) is 8.37. The minimum absolute atomic E-state index is 0.0174. The Hall–Kier alpha value is -4.00. The Morgan fingerprint density at radius 2 is 2.09 bits per heavy atom. The third-order valence-electron chi connectivity index (χ3n) is 5.18. The highest BCUT2D eigenvalue weighted by molar-refractivity contribution is 5.72. The molecule has 1 fully saturated rings. The number of nitrogens with one attached hydrogen (secondary N) is 1. The van der Waals surface area contributed by atoms with E-state index in [9.17, 15) is 4.79 Å². The van der Waals surface area contributed by atoms with E-state index >= 15 is 0 Å². The summed E-state index contributed by atoms with van der Waals surface area (Å²) in [5, 5.41) is 20.7. The van der Waals surface area contributed by atoms with Gasteiger partial charge in [0.2, 0.25) is 5.88 Å². The lowest BCUT2D eigenvalue weighted by Gasteiger charge is -2.11. The van der Waals surface area contributed by atoms with Crippen LogP contribution in [-0.2, 0) is 11.8 Å². The van der Waals surface area contributed by atoms with Crippen LogP contribution >= 0.6 is 0 Å². The van der Waals surface area contributed by atoms with E-state index < -0.39 is 11.4 Å². The van der Waals surface area contributed by atoms with Gasteiger partial charge in [-0.05, 0) is 45.7 Å². The molecule has 3 aromatic heterocycles. The Balaban J connectivity index is 1.58. The lowest BCUT2D eigenvalue weighted by Crippen LogP contribution is -2.08. The van der Waals surface area contributed by atoms with Gasteiger partial charge >= 0.3 is 5.97 Å². The topological polar surface area (TPSA) is 128 Å². The number of ether oxygens (including phenoxy) is 1. The van der Waals surface area contributed by atoms with Crippen molar-refractivity contribution in [1.82, 2.24) is 29.9 Å². The minimum Gasteiger partial charge on any atom is -0.481 e. The number of anilines is 2. The summed E-state index contributed by atoms with van der Waals surface area (Å²) in [5.74, 6) is 6.96. The Morgan fingerprint density at radius 1 is 1.30 bits per heavy atom. The molecule has 3 heterocycles. The predicted octanol–water partition coefficient (Wildman–Crippen LogP) is 3.11. The molecular weight excluding hydrogens is 422 g/mol. The van der Waals surface area contributed by atoms with E-state index in [4.69, 9.17) is 9.84 Å². The van der Waals surface area contributed by atoms with E-state index in [2.05, 4.69) is 42.4 Å². The monoisotopic (exact) mass is 447 g/mol. The molecule has 0 unspecified atom stereocenters. The fraction of sp³-hybridized carbons (Fsp3) is 0.391. The number of rotatable bonds is 7. The smallest absolute Gasteiger partial charge is 0.304 e. The summed E-state index contributed by atoms with van der Waals surface area (Å²) in [4.78, 5) is 24.3. The van der Waals surface area contributed by atoms with Crippen molar-refractivity contribution in [2.45, 2.75) is 46.1 Å². The van der Waals surface area contributed by atoms with Crippen LogP contribution in [0.4, 0.5) is 11.6 Å². The number of aryl methyl sites for hydroxylation is 2. The molecule has 0 atom stereocenters. The molecule has 0 aromatic carbocycles. The van der Waals surface area contributed by atoms with Crippen molar-refractivity contribution in [3.05, 3.63) is 35.8 Å². The van der Waals surface area contributed by atoms with E-state index in [1.807, 2.05) is 32.9 Å². The summed E-state index contributed by atoms with van der Waals surface area (Å²) >= 11 is 0. The van der Waals surface area contributed by atoms with Crippen LogP contribution in [0.2, 0.25) is 0 Å². The first-order valence-corrected chi connectivity index (χ1v) is 10.6. The van der Waals surface area contributed by atoms with Gasteiger partial charge in [-0.25, -0.2) is 9.67 Å². The van der Waals surface area contributed by atoms with Gasteiger partial charge in [0.25, 0.3) is 0 Å². The van der Waals surface area contributed by atoms with Gasteiger partial charge in [-0.3, -0.25) is 9.78 Å². The van der Waals surface area contributed by atoms with Crippen LogP contribution in [0.15, 0.2) is 24.5 Å². The van der Waals surface area contributed by atoms with Gasteiger partial charge in [0.05, 0.1) is 36.3 Å². The van der Waals surface area contributed by atoms with E-state index in [1.165, 1.54) is 0 Å². The van der Waals surface area contributed by atoms with Crippen molar-refractivity contribution in [3.8, 4) is 29.1 Å². The summed E-state index contributed by atoms with van der Waals surface area (Å²) in [6.07, 6.45) is 4.84. The molecule has 1 aliphatic carbocycles. The number of nitrogens with zero attached hydrogens (tertiary/aromatic N) is 6. The number of pyridine rings is 1. The fourth-order valence-corrected chi connectivity index (χ4v) is 3.31. The molecule has 3 aromatic rings. The van der Waals surface area contributed by atoms with Crippen molar-refractivity contribution in [1.29, 1.82) is 0 Å². The molecule has 4 rings (SSSR count). The minimum atomic E-state index is -0.819. The van der Waals surface area contributed by atoms with Crippen LogP contribution in [0.1, 0.15) is 44.4 Å². The van der Waals surface area contributed by atoms with Gasteiger partial charge in [-0.2, -0.15) is 4.98 Å². The van der Waals surface area contributed by atoms with E-state index in [0.29, 0.717) is 28.9 Å². The Morgan fingerprint density at radius 3 is 2.76 bits per heavy atom. The molecule has 10 nitrogen and oxygen atoms in total. The van der Waals surface area contributed by atoms with Gasteiger partial charge in [0.1, 0.15) is 0 Å². The average molecular weight is 447 g/mol. The quantitative estimate of drug-likeness (QED) is 0.525. The van der Waals surface area contributed by atoms with E-state index in [1.54, 1.807) is 24.1 Å². The molecule has 1 aliphatic rings. The van der Waals surface area contributed by atoms with E-state index in [-0.39, 0.29) is 12.5 Å². The van der Waals surface area contributed by atoms with Crippen LogP contribution in [0, 0.1) is 24.2 Å². The maximum absolute atomic E-state index is 11.0. The van der Waals surface area contributed by atoms with Gasteiger partial charge in [0.15, 0.2) is 17.3 Å². The normalized spacial score (nSPS) is 13.8. The molecule has 0 aliphatic heterocycles. The average Bonchev–Trinajstić information content (AvgIpc) is 3.41. The van der Waals surface area contributed by atoms with E-state index in [0.717, 1.165) is 24.1 Å². The van der Waals surface area contributed by atoms with Crippen LogP contribution in [0.3, 0.4) is 0 Å². The number of hydrogen-bond donors (Lipinski definition) is 2. The molecule has 0 bridgehead atoms. The van der Waals surface area contributed by atoms with Gasteiger partial charge in [-0.15, -0.1) is 5.10 Å². The lowest BCUT2D eigenvalue weighted by atomic mass is 10.0. The molecule has 1 saturated carbocycles. The molecule has 33 heavy (non-hydrogen) atoms. The second-order valence-electron chi connectivity index (χ2n) is 8.37. The summed E-state index contributed by atoms with van der Waals surface area (Å²) in [6.45, 7) is 5.71. The maximum Gasteiger partial charge on any atom is 0.304 e. The first-order valence-electron chi connectivity index (χ1n) is 10.6. The van der Waals surface area contributed by atoms with Crippen LogP contribution < -0.4 is 10.1 Å². The number of aliphatic carboxylic acids is 1. The Labute approximate surface area is 191 Å². The fourth-order valence-electron chi connectivity index (χ4n) is 3.31. The van der Waals surface area contributed by atoms with Crippen LogP contribution in [0.5, 0.6) is 5.88 Å². The SMILES string of the molecule is Cc1nc(-c2nnn(C)c2Nc2cncc(OC(C)C)n2)ccc1C#CC1(CC(=O)O)CC1. The molecule has 0 spiro atoms. The Bertz CT molecular complexity index is 1250. The largest absolute Gasteiger partial charge is 0.481 e. The number of carbonyl (C=O) groups is 1. The van der Waals surface area contributed by atoms with Crippen molar-refractivity contribution in [3.63, 3.8) is 0 Å². The zero-order valence-electron chi connectivity index (χ0n) is 19.0. The van der Waals surface area contributed by atoms with Crippen LogP contribution in [0.25, 0.3) is 11.4 Å². The second kappa shape index (κ2) is 8.86. The number of hydrogen-bond acceptors (Lipinski definition) is 8. The molecule has 170 valence electrons. The summed E-state index contributed by atoms with van der Waals surface area (Å²) in [7, 11) is 1.77. The molecule has 0 radical (unpaired) electrons. The molecular formula is C23H25N7O3. The Kier molecular flexibility index (Phi) is 5.96. The maximum atomic E-state index is 11.0. The summed E-state index contributed by atoms with van der Waals surface area (Å²) in [5.41, 5.74) is 2.28. The van der Waals surface area contributed by atoms with Gasteiger partial charge < -0.3 is 15.2 Å². The number of aromatic nitrogens is 6. The standard InChI is InChI=1S/C23H25N7O3/c1-14(2)33-19-13-24-12-18(26-19)27-22-21(28-29-30(22)4)17-6-5-16(15(3)25-17)7-8-23(9-10-23)11-20(31)32/h5-6,12-14H,9-11H2,1-4H3,(H,26,27)(H,31,32). The highest BCUT2D eigenvalue weighted by Crippen LogP contribution is 2.48. The van der Waals surface area contributed by atoms with Crippen molar-refractivity contribution >= 4 is 17.6 Å². The zero-order valence-corrected chi connectivity index (χ0v) is 19.0. The zero-order chi connectivity index (χ0) is 23.6. The van der Waals surface area contributed by atoms with Crippen molar-refractivity contribution in [2.24, 2.45) is 12.5 Å². The highest BCUT2D eigenvalue weighted by atomic mass is 16.5. The van der Waals surface area contributed by atoms with Gasteiger partial charge in [0, 0.05) is 18.0 Å². The summed E-state index contributed by atoms with van der Waals surface area (Å²) in [6, 6.07) is 3.70. The highest BCUT2D eigenvalue weighted by Gasteiger charge is 2.43. The first-order chi connectivity index (χ1) is 15.7. The van der Waals surface area contributed by atoms with Crippen molar-refractivity contribution in [2.75, 3.05) is 5.32 Å². The first kappa shape index (κ1) is 22.2. The molecule has 10 heteroatoms. The predicted molar refractivity (Wildman–Crippen MR) is 121 cm³/mol. The van der Waals surface area contributed by atoms with Gasteiger partial charge in [-0.1, -0.05) is 17.1 Å². The third kappa shape index (κ3) is 5.26. The number of carboxylic acid groups (broad SMARTS) is 1. The van der Waals surface area contributed by atoms with Crippen LogP contribution in [-0.4, -0.2) is 47.1 Å². The molecule has 0 saturated heterocycles. The molecule has 0 amide bonds. The summed E-state index contributed by atoms with van der Waals surface area (Å²) < 4.78 is 7.21.